The van der Waals surface area contributed by atoms with Crippen LogP contribution in [0.2, 0.25) is 0 Å². The Bertz CT molecular complexity index is 1350. The molecule has 0 aliphatic rings. The molecule has 0 amide bonds. The highest BCUT2D eigenvalue weighted by atomic mass is 14.3. The lowest BCUT2D eigenvalue weighted by molar-refractivity contribution is 0.588. The summed E-state index contributed by atoms with van der Waals surface area (Å²) < 4.78 is 0. The Morgan fingerprint density at radius 1 is 0.421 bits per heavy atom. The van der Waals surface area contributed by atoms with Crippen molar-refractivity contribution in [3.8, 4) is 33.4 Å². The van der Waals surface area contributed by atoms with Crippen molar-refractivity contribution in [3.05, 3.63) is 105 Å². The summed E-state index contributed by atoms with van der Waals surface area (Å²) in [6, 6.07) is 26.2. The van der Waals surface area contributed by atoms with Crippen LogP contribution in [0.4, 0.5) is 0 Å². The first-order valence-corrected chi connectivity index (χ1v) is 13.9. The molecule has 2 radical (unpaired) electrons. The quantitative estimate of drug-likeness (QED) is 0.262. The molecule has 38 heavy (non-hydrogen) atoms. The number of hydrogen-bond donors (Lipinski definition) is 0. The Kier molecular flexibility index (Phi) is 7.26. The lowest BCUT2D eigenvalue weighted by Gasteiger charge is -2.24. The highest BCUT2D eigenvalue weighted by Gasteiger charge is 2.22. The van der Waals surface area contributed by atoms with Crippen molar-refractivity contribution < 1.29 is 0 Å². The highest BCUT2D eigenvalue weighted by molar-refractivity contribution is 5.81. The molecule has 0 aromatic heterocycles. The topological polar surface area (TPSA) is 0 Å². The molecule has 4 aromatic carbocycles. The van der Waals surface area contributed by atoms with Gasteiger partial charge >= 0.3 is 0 Å². The third-order valence-corrected chi connectivity index (χ3v) is 7.58. The Hall–Kier alpha value is -3.12. The van der Waals surface area contributed by atoms with Crippen molar-refractivity contribution in [2.45, 2.75) is 93.9 Å². The van der Waals surface area contributed by atoms with E-state index in [0.717, 1.165) is 11.1 Å². The van der Waals surface area contributed by atoms with Crippen LogP contribution in [-0.4, -0.2) is 0 Å². The first-order valence-electron chi connectivity index (χ1n) is 13.9. The van der Waals surface area contributed by atoms with Crippen LogP contribution < -0.4 is 0 Å². The molecule has 0 spiro atoms. The SMILES string of the molecule is Cc1cc(C)c(-c2cc(-c3[c]c(C(C)(C)C)cc(-c4c(C)cc(C)cc4C)c3)[c]c(C(C)(C)C)c2)c(C)c1. The molecule has 0 N–H and O–H groups in total. The van der Waals surface area contributed by atoms with Gasteiger partial charge in [-0.15, -0.1) is 0 Å². The largest absolute Gasteiger partial charge is 0.0561 e. The average molecular weight is 501 g/mol. The summed E-state index contributed by atoms with van der Waals surface area (Å²) in [6.07, 6.45) is 0. The molecule has 0 saturated heterocycles. The van der Waals surface area contributed by atoms with Gasteiger partial charge in [-0.3, -0.25) is 0 Å². The Morgan fingerprint density at radius 3 is 0.974 bits per heavy atom. The monoisotopic (exact) mass is 500 g/mol. The predicted molar refractivity (Wildman–Crippen MR) is 166 cm³/mol. The zero-order chi connectivity index (χ0) is 28.2. The summed E-state index contributed by atoms with van der Waals surface area (Å²) >= 11 is 0. The fourth-order valence-electron chi connectivity index (χ4n) is 5.80. The van der Waals surface area contributed by atoms with Crippen molar-refractivity contribution in [2.24, 2.45) is 0 Å². The van der Waals surface area contributed by atoms with Crippen LogP contribution in [0, 0.1) is 53.7 Å². The van der Waals surface area contributed by atoms with E-state index in [1.165, 1.54) is 66.8 Å². The number of rotatable bonds is 3. The van der Waals surface area contributed by atoms with Crippen LogP contribution in [0.15, 0.2) is 48.5 Å². The van der Waals surface area contributed by atoms with E-state index in [4.69, 9.17) is 0 Å². The molecule has 4 aromatic rings. The van der Waals surface area contributed by atoms with E-state index >= 15 is 0 Å². The maximum absolute atomic E-state index is 3.83. The van der Waals surface area contributed by atoms with E-state index in [1.54, 1.807) is 0 Å². The van der Waals surface area contributed by atoms with Crippen LogP contribution >= 0.6 is 0 Å². The summed E-state index contributed by atoms with van der Waals surface area (Å²) in [5.41, 5.74) is 17.7. The normalized spacial score (nSPS) is 12.2. The van der Waals surface area contributed by atoms with Gasteiger partial charge in [0.25, 0.3) is 0 Å². The molecule has 0 bridgehead atoms. The molecule has 0 heterocycles. The van der Waals surface area contributed by atoms with E-state index in [1.807, 2.05) is 0 Å². The second-order valence-electron chi connectivity index (χ2n) is 13.4. The molecule has 0 atom stereocenters. The lowest BCUT2D eigenvalue weighted by atomic mass is 9.79. The molecular weight excluding hydrogens is 456 g/mol. The van der Waals surface area contributed by atoms with Crippen molar-refractivity contribution >= 4 is 0 Å². The van der Waals surface area contributed by atoms with Gasteiger partial charge in [0.05, 0.1) is 0 Å². The van der Waals surface area contributed by atoms with Crippen LogP contribution in [0.3, 0.4) is 0 Å². The minimum atomic E-state index is -0.0220. The number of benzene rings is 4. The van der Waals surface area contributed by atoms with E-state index in [2.05, 4.69) is 144 Å². The van der Waals surface area contributed by atoms with Gasteiger partial charge in [0.2, 0.25) is 0 Å². The van der Waals surface area contributed by atoms with Crippen molar-refractivity contribution in [2.75, 3.05) is 0 Å². The van der Waals surface area contributed by atoms with Crippen molar-refractivity contribution in [1.82, 2.24) is 0 Å². The molecule has 196 valence electrons. The highest BCUT2D eigenvalue weighted by Crippen LogP contribution is 2.39. The van der Waals surface area contributed by atoms with Crippen LogP contribution in [0.1, 0.15) is 86.1 Å². The molecule has 0 heteroatoms. The van der Waals surface area contributed by atoms with E-state index in [9.17, 15) is 0 Å². The summed E-state index contributed by atoms with van der Waals surface area (Å²) in [6.45, 7) is 27.0. The smallest absolute Gasteiger partial charge is 0.00581 e. The van der Waals surface area contributed by atoms with Gasteiger partial charge in [0.1, 0.15) is 0 Å². The van der Waals surface area contributed by atoms with Crippen LogP contribution in [0.25, 0.3) is 33.4 Å². The van der Waals surface area contributed by atoms with E-state index in [-0.39, 0.29) is 10.8 Å². The Labute approximate surface area is 232 Å². The second kappa shape index (κ2) is 9.88. The number of hydrogen-bond acceptors (Lipinski definition) is 0. The summed E-state index contributed by atoms with van der Waals surface area (Å²) in [5, 5.41) is 0. The van der Waals surface area contributed by atoms with Crippen LogP contribution in [-0.2, 0) is 10.8 Å². The zero-order valence-corrected chi connectivity index (χ0v) is 25.6. The van der Waals surface area contributed by atoms with Gasteiger partial charge in [-0.1, -0.05) is 76.9 Å². The zero-order valence-electron chi connectivity index (χ0n) is 25.6. The predicted octanol–water partition coefficient (Wildman–Crippen LogP) is 10.7. The molecule has 0 aliphatic heterocycles. The first kappa shape index (κ1) is 27.9. The molecular formula is C38H44. The van der Waals surface area contributed by atoms with Crippen molar-refractivity contribution in [3.63, 3.8) is 0 Å². The lowest BCUT2D eigenvalue weighted by Crippen LogP contribution is -2.13. The molecule has 4 rings (SSSR count). The minimum Gasteiger partial charge on any atom is -0.0561 e. The Morgan fingerprint density at radius 2 is 0.711 bits per heavy atom. The van der Waals surface area contributed by atoms with Gasteiger partial charge in [-0.05, 0) is 156 Å². The van der Waals surface area contributed by atoms with Gasteiger partial charge in [0.15, 0.2) is 0 Å². The van der Waals surface area contributed by atoms with Crippen LogP contribution in [0.5, 0.6) is 0 Å². The third-order valence-electron chi connectivity index (χ3n) is 7.58. The van der Waals surface area contributed by atoms with E-state index < -0.39 is 0 Å². The molecule has 0 fully saturated rings. The fraction of sp³-hybridized carbons (Fsp3) is 0.368. The standard InChI is InChI=1S/C38H44/c1-23-13-25(3)35(26(4)14-23)31-17-29(19-33(21-31)37(7,8)9)30-18-32(22-34(20-30)38(10,11)12)36-27(5)15-24(2)16-28(36)6/h13-18,21-22H,1-12H3. The summed E-state index contributed by atoms with van der Waals surface area (Å²) in [4.78, 5) is 0. The molecule has 0 unspecified atom stereocenters. The minimum absolute atomic E-state index is 0.0220. The first-order chi connectivity index (χ1) is 17.5. The van der Waals surface area contributed by atoms with Gasteiger partial charge in [-0.25, -0.2) is 0 Å². The molecule has 0 aliphatic carbocycles. The van der Waals surface area contributed by atoms with E-state index in [0.29, 0.717) is 0 Å². The summed E-state index contributed by atoms with van der Waals surface area (Å²) in [5.74, 6) is 0. The summed E-state index contributed by atoms with van der Waals surface area (Å²) in [7, 11) is 0. The number of aryl methyl sites for hydroxylation is 6. The maximum atomic E-state index is 3.83. The second-order valence-corrected chi connectivity index (χ2v) is 13.4. The molecule has 0 saturated carbocycles. The molecule has 0 nitrogen and oxygen atoms in total. The fourth-order valence-corrected chi connectivity index (χ4v) is 5.80. The van der Waals surface area contributed by atoms with Crippen molar-refractivity contribution in [1.29, 1.82) is 0 Å². The average Bonchev–Trinajstić information content (AvgIpc) is 2.76. The van der Waals surface area contributed by atoms with Gasteiger partial charge in [-0.2, -0.15) is 0 Å². The van der Waals surface area contributed by atoms with Gasteiger partial charge in [0, 0.05) is 0 Å². The Balaban J connectivity index is 2.05. The third kappa shape index (κ3) is 5.65. The van der Waals surface area contributed by atoms with Gasteiger partial charge < -0.3 is 0 Å². The maximum Gasteiger partial charge on any atom is -0.00581 e.